The Morgan fingerprint density at radius 3 is 2.23 bits per heavy atom. The molecule has 0 aromatic heterocycles. The van der Waals surface area contributed by atoms with Crippen LogP contribution in [-0.4, -0.2) is 49.3 Å². The molecule has 0 heterocycles. The fourth-order valence-corrected chi connectivity index (χ4v) is 2.19. The summed E-state index contributed by atoms with van der Waals surface area (Å²) in [6.45, 7) is 3.55. The predicted molar refractivity (Wildman–Crippen MR) is 93.8 cm³/mol. The van der Waals surface area contributed by atoms with Crippen LogP contribution >= 0.6 is 0 Å². The first-order valence-electron chi connectivity index (χ1n) is 8.29. The summed E-state index contributed by atoms with van der Waals surface area (Å²) in [7, 11) is 1.52. The minimum absolute atomic E-state index is 0.0939. The van der Waals surface area contributed by atoms with Crippen LogP contribution in [0.4, 0.5) is 0 Å². The molecule has 0 aliphatic carbocycles. The van der Waals surface area contributed by atoms with Crippen molar-refractivity contribution in [2.75, 3.05) is 20.3 Å². The molecular weight excluding hydrogens is 340 g/mol. The van der Waals surface area contributed by atoms with Crippen LogP contribution in [0.25, 0.3) is 0 Å². The third-order valence-electron chi connectivity index (χ3n) is 3.53. The van der Waals surface area contributed by atoms with Gasteiger partial charge >= 0.3 is 11.9 Å². The number of rotatable bonds is 10. The van der Waals surface area contributed by atoms with Gasteiger partial charge in [0.15, 0.2) is 11.9 Å². The highest BCUT2D eigenvalue weighted by atomic mass is 16.5. The molecule has 1 aromatic carbocycles. The molecule has 26 heavy (non-hydrogen) atoms. The minimum atomic E-state index is -1.57. The number of hydrogen-bond donors (Lipinski definition) is 1. The van der Waals surface area contributed by atoms with E-state index in [2.05, 4.69) is 0 Å². The molecule has 2 atom stereocenters. The van der Waals surface area contributed by atoms with Crippen LogP contribution in [0.5, 0.6) is 5.75 Å². The second-order valence-electron chi connectivity index (χ2n) is 5.33. The maximum atomic E-state index is 12.5. The molecule has 7 heteroatoms. The van der Waals surface area contributed by atoms with Crippen molar-refractivity contribution in [2.24, 2.45) is 5.92 Å². The molecule has 0 bridgehead atoms. The predicted octanol–water partition coefficient (Wildman–Crippen LogP) is 1.93. The van der Waals surface area contributed by atoms with Crippen molar-refractivity contribution in [2.45, 2.75) is 26.4 Å². The highest BCUT2D eigenvalue weighted by molar-refractivity contribution is 5.97. The zero-order valence-corrected chi connectivity index (χ0v) is 15.1. The lowest BCUT2D eigenvalue weighted by atomic mass is 9.92. The first-order valence-corrected chi connectivity index (χ1v) is 8.29. The third-order valence-corrected chi connectivity index (χ3v) is 3.53. The molecule has 1 N–H and O–H groups in total. The van der Waals surface area contributed by atoms with Crippen LogP contribution in [0.15, 0.2) is 36.4 Å². The Hall–Kier alpha value is -2.67. The molecule has 0 aliphatic rings. The number of ether oxygens (including phenoxy) is 3. The number of aliphatic hydroxyl groups excluding tert-OH is 1. The van der Waals surface area contributed by atoms with E-state index in [1.807, 2.05) is 0 Å². The lowest BCUT2D eigenvalue weighted by Crippen LogP contribution is -2.32. The number of methoxy groups -OCH3 is 1. The second kappa shape index (κ2) is 11.0. The zero-order valence-electron chi connectivity index (χ0n) is 15.1. The molecule has 1 aromatic rings. The molecule has 0 spiro atoms. The number of aliphatic hydroxyl groups is 1. The van der Waals surface area contributed by atoms with E-state index in [1.54, 1.807) is 38.1 Å². The van der Waals surface area contributed by atoms with Gasteiger partial charge in [0.2, 0.25) is 0 Å². The van der Waals surface area contributed by atoms with Gasteiger partial charge in [-0.1, -0.05) is 6.08 Å². The van der Waals surface area contributed by atoms with E-state index in [-0.39, 0.29) is 25.4 Å². The van der Waals surface area contributed by atoms with Crippen molar-refractivity contribution >= 4 is 17.7 Å². The second-order valence-corrected chi connectivity index (χ2v) is 5.33. The topological polar surface area (TPSA) is 99.1 Å². The van der Waals surface area contributed by atoms with E-state index in [0.29, 0.717) is 11.3 Å². The van der Waals surface area contributed by atoms with Gasteiger partial charge in [-0.15, -0.1) is 0 Å². The number of Topliss-reactive ketones (excluding diaryl/α,β-unsaturated/α-hetero) is 1. The summed E-state index contributed by atoms with van der Waals surface area (Å²) >= 11 is 0. The van der Waals surface area contributed by atoms with Crippen molar-refractivity contribution in [3.8, 4) is 5.75 Å². The monoisotopic (exact) mass is 364 g/mol. The molecule has 0 unspecified atom stereocenters. The largest absolute Gasteiger partial charge is 0.497 e. The number of carbonyl (C=O) groups excluding carboxylic acids is 3. The minimum Gasteiger partial charge on any atom is -0.497 e. The number of esters is 2. The highest BCUT2D eigenvalue weighted by Gasteiger charge is 2.28. The molecule has 142 valence electrons. The lowest BCUT2D eigenvalue weighted by Gasteiger charge is -2.18. The van der Waals surface area contributed by atoms with Gasteiger partial charge in [-0.05, 0) is 38.1 Å². The molecule has 7 nitrogen and oxygen atoms in total. The maximum absolute atomic E-state index is 12.5. The first kappa shape index (κ1) is 21.4. The Bertz CT molecular complexity index is 634. The SMILES string of the molecule is CCOC(=O)/C=C/[C@H](CC(=O)c1ccc(OC)cc1)[C@@H](O)C(=O)OCC. The van der Waals surface area contributed by atoms with E-state index < -0.39 is 24.0 Å². The van der Waals surface area contributed by atoms with Gasteiger partial charge in [-0.25, -0.2) is 9.59 Å². The Morgan fingerprint density at radius 2 is 1.69 bits per heavy atom. The number of benzene rings is 1. The van der Waals surface area contributed by atoms with Crippen LogP contribution < -0.4 is 4.74 Å². The van der Waals surface area contributed by atoms with Gasteiger partial charge in [-0.3, -0.25) is 4.79 Å². The summed E-state index contributed by atoms with van der Waals surface area (Å²) in [5.41, 5.74) is 0.399. The highest BCUT2D eigenvalue weighted by Crippen LogP contribution is 2.19. The average molecular weight is 364 g/mol. The van der Waals surface area contributed by atoms with Gasteiger partial charge in [0.25, 0.3) is 0 Å². The van der Waals surface area contributed by atoms with Crippen molar-refractivity contribution in [3.05, 3.63) is 42.0 Å². The molecule has 0 saturated carbocycles. The van der Waals surface area contributed by atoms with E-state index in [0.717, 1.165) is 6.08 Å². The smallest absolute Gasteiger partial charge is 0.335 e. The Kier molecular flexibility index (Phi) is 9.08. The fraction of sp³-hybridized carbons (Fsp3) is 0.421. The van der Waals surface area contributed by atoms with Crippen LogP contribution in [0.3, 0.4) is 0 Å². The molecule has 1 rings (SSSR count). The standard InChI is InChI=1S/C19H24O7/c1-4-25-17(21)11-8-14(18(22)19(23)26-5-2)12-16(20)13-6-9-15(24-3)10-7-13/h6-11,14,18,22H,4-5,12H2,1-3H3/b11-8+/t14-,18-/m1/s1. The van der Waals surface area contributed by atoms with Crippen LogP contribution in [-0.2, 0) is 19.1 Å². The van der Waals surface area contributed by atoms with Gasteiger partial charge in [0.05, 0.1) is 20.3 Å². The van der Waals surface area contributed by atoms with E-state index >= 15 is 0 Å². The summed E-state index contributed by atoms with van der Waals surface area (Å²) in [4.78, 5) is 35.7. The Labute approximate surface area is 152 Å². The van der Waals surface area contributed by atoms with Crippen LogP contribution in [0.2, 0.25) is 0 Å². The summed E-state index contributed by atoms with van der Waals surface area (Å²) < 4.78 is 14.6. The van der Waals surface area contributed by atoms with Crippen LogP contribution in [0.1, 0.15) is 30.6 Å². The third kappa shape index (κ3) is 6.68. The van der Waals surface area contributed by atoms with Crippen LogP contribution in [0, 0.1) is 5.92 Å². The van der Waals surface area contributed by atoms with Crippen molar-refractivity contribution in [3.63, 3.8) is 0 Å². The van der Waals surface area contributed by atoms with Crippen molar-refractivity contribution < 1.29 is 33.7 Å². The quantitative estimate of drug-likeness (QED) is 0.385. The van der Waals surface area contributed by atoms with Gasteiger partial charge in [-0.2, -0.15) is 0 Å². The van der Waals surface area contributed by atoms with E-state index in [9.17, 15) is 19.5 Å². The molecule has 0 amide bonds. The first-order chi connectivity index (χ1) is 12.4. The number of hydrogen-bond acceptors (Lipinski definition) is 7. The molecule has 0 fully saturated rings. The van der Waals surface area contributed by atoms with Gasteiger partial charge < -0.3 is 19.3 Å². The van der Waals surface area contributed by atoms with Crippen molar-refractivity contribution in [1.82, 2.24) is 0 Å². The normalized spacial score (nSPS) is 13.1. The average Bonchev–Trinajstić information content (AvgIpc) is 2.64. The molecular formula is C19H24O7. The Morgan fingerprint density at radius 1 is 1.08 bits per heavy atom. The maximum Gasteiger partial charge on any atom is 0.335 e. The lowest BCUT2D eigenvalue weighted by molar-refractivity contribution is -0.155. The van der Waals surface area contributed by atoms with E-state index in [1.165, 1.54) is 13.2 Å². The summed E-state index contributed by atoms with van der Waals surface area (Å²) in [6.07, 6.45) is 0.643. The van der Waals surface area contributed by atoms with Crippen molar-refractivity contribution in [1.29, 1.82) is 0 Å². The van der Waals surface area contributed by atoms with E-state index in [4.69, 9.17) is 14.2 Å². The molecule has 0 saturated heterocycles. The molecule has 0 radical (unpaired) electrons. The molecule has 0 aliphatic heterocycles. The number of ketones is 1. The fourth-order valence-electron chi connectivity index (χ4n) is 2.19. The summed E-state index contributed by atoms with van der Waals surface area (Å²) in [5.74, 6) is -2.09. The number of carbonyl (C=O) groups is 3. The summed E-state index contributed by atoms with van der Waals surface area (Å²) in [6, 6.07) is 6.45. The summed E-state index contributed by atoms with van der Waals surface area (Å²) in [5, 5.41) is 10.2. The Balaban J connectivity index is 2.93. The zero-order chi connectivity index (χ0) is 19.5. The van der Waals surface area contributed by atoms with Gasteiger partial charge in [0.1, 0.15) is 5.75 Å². The van der Waals surface area contributed by atoms with Gasteiger partial charge in [0, 0.05) is 24.0 Å².